The number of benzene rings is 1. The average Bonchev–Trinajstić information content (AvgIpc) is 3.16. The number of nitrogens with one attached hydrogen (secondary N) is 1. The molecule has 4 rings (SSSR count). The molecule has 26 heavy (non-hydrogen) atoms. The molecular formula is C20H20N2O4. The van der Waals surface area contributed by atoms with Gasteiger partial charge in [0.1, 0.15) is 29.9 Å². The van der Waals surface area contributed by atoms with E-state index in [-0.39, 0.29) is 12.2 Å². The molecule has 0 radical (unpaired) electrons. The Bertz CT molecular complexity index is 969. The number of ether oxygens (including phenoxy) is 1. The normalized spacial score (nSPS) is 14.2. The minimum absolute atomic E-state index is 0.126. The summed E-state index contributed by atoms with van der Waals surface area (Å²) in [4.78, 5) is 16.2. The highest BCUT2D eigenvalue weighted by atomic mass is 16.5. The summed E-state index contributed by atoms with van der Waals surface area (Å²) >= 11 is 0. The molecule has 0 amide bonds. The molecule has 0 spiro atoms. The Morgan fingerprint density at radius 3 is 2.96 bits per heavy atom. The molecule has 6 nitrogen and oxygen atoms in total. The van der Waals surface area contributed by atoms with Gasteiger partial charge in [0.05, 0.1) is 0 Å². The fraction of sp³-hybridized carbons (Fsp3) is 0.300. The van der Waals surface area contributed by atoms with Crippen LogP contribution >= 0.6 is 0 Å². The molecule has 0 bridgehead atoms. The molecule has 2 aromatic heterocycles. The highest BCUT2D eigenvalue weighted by molar-refractivity contribution is 5.83. The smallest absolute Gasteiger partial charge is 0.339 e. The Labute approximate surface area is 150 Å². The van der Waals surface area contributed by atoms with Crippen LogP contribution in [0.1, 0.15) is 17.5 Å². The highest BCUT2D eigenvalue weighted by Crippen LogP contribution is 2.29. The fourth-order valence-electron chi connectivity index (χ4n) is 3.29. The van der Waals surface area contributed by atoms with E-state index in [9.17, 15) is 9.90 Å². The van der Waals surface area contributed by atoms with E-state index in [2.05, 4.69) is 10.3 Å². The molecule has 0 saturated heterocycles. The van der Waals surface area contributed by atoms with Crippen molar-refractivity contribution in [2.24, 2.45) is 0 Å². The topological polar surface area (TPSA) is 84.6 Å². The van der Waals surface area contributed by atoms with Crippen molar-refractivity contribution < 1.29 is 14.3 Å². The predicted molar refractivity (Wildman–Crippen MR) is 98.7 cm³/mol. The van der Waals surface area contributed by atoms with Crippen molar-refractivity contribution in [3.05, 3.63) is 64.1 Å². The number of nitrogens with zero attached hydrogens (tertiary/aromatic N) is 1. The lowest BCUT2D eigenvalue weighted by molar-refractivity contribution is 0.117. The van der Waals surface area contributed by atoms with Gasteiger partial charge in [0.2, 0.25) is 0 Å². The number of aromatic nitrogens is 1. The number of aryl methyl sites for hydroxylation is 1. The maximum Gasteiger partial charge on any atom is 0.339 e. The van der Waals surface area contributed by atoms with Crippen LogP contribution in [0.4, 0.5) is 5.82 Å². The van der Waals surface area contributed by atoms with E-state index in [0.29, 0.717) is 23.7 Å². The Morgan fingerprint density at radius 1 is 1.23 bits per heavy atom. The van der Waals surface area contributed by atoms with Gasteiger partial charge in [-0.3, -0.25) is 0 Å². The van der Waals surface area contributed by atoms with Crippen molar-refractivity contribution in [3.63, 3.8) is 0 Å². The van der Waals surface area contributed by atoms with E-state index < -0.39 is 6.10 Å². The molecule has 2 N–H and O–H groups in total. The molecule has 1 atom stereocenters. The lowest BCUT2D eigenvalue weighted by Gasteiger charge is -2.14. The second kappa shape index (κ2) is 7.17. The number of pyridine rings is 1. The molecule has 134 valence electrons. The zero-order chi connectivity index (χ0) is 17.9. The molecule has 2 heterocycles. The second-order valence-corrected chi connectivity index (χ2v) is 6.42. The van der Waals surface area contributed by atoms with Crippen molar-refractivity contribution in [1.82, 2.24) is 4.98 Å². The third-order valence-corrected chi connectivity index (χ3v) is 4.57. The fourth-order valence-corrected chi connectivity index (χ4v) is 3.29. The summed E-state index contributed by atoms with van der Waals surface area (Å²) in [6, 6.07) is 11.0. The van der Waals surface area contributed by atoms with Crippen LogP contribution in [-0.2, 0) is 12.8 Å². The van der Waals surface area contributed by atoms with Gasteiger partial charge in [-0.25, -0.2) is 9.78 Å². The summed E-state index contributed by atoms with van der Waals surface area (Å²) < 4.78 is 11.1. The SMILES string of the molecule is O=c1oc2cc(OC[C@H](O)CNc3ccccn3)ccc2c2c1CCC2. The number of anilines is 1. The van der Waals surface area contributed by atoms with E-state index in [4.69, 9.17) is 9.15 Å². The van der Waals surface area contributed by atoms with Crippen LogP contribution in [0.25, 0.3) is 11.0 Å². The van der Waals surface area contributed by atoms with Gasteiger partial charge in [0.25, 0.3) is 0 Å². The third kappa shape index (κ3) is 3.41. The second-order valence-electron chi connectivity index (χ2n) is 6.42. The number of aliphatic hydroxyl groups excluding tert-OH is 1. The zero-order valence-corrected chi connectivity index (χ0v) is 14.3. The van der Waals surface area contributed by atoms with Gasteiger partial charge >= 0.3 is 5.63 Å². The molecule has 3 aromatic rings. The first-order valence-electron chi connectivity index (χ1n) is 8.75. The zero-order valence-electron chi connectivity index (χ0n) is 14.3. The van der Waals surface area contributed by atoms with Crippen LogP contribution < -0.4 is 15.7 Å². The van der Waals surface area contributed by atoms with Gasteiger partial charge in [-0.1, -0.05) is 6.07 Å². The Hall–Kier alpha value is -2.86. The molecule has 6 heteroatoms. The van der Waals surface area contributed by atoms with Gasteiger partial charge in [-0.05, 0) is 49.1 Å². The quantitative estimate of drug-likeness (QED) is 0.663. The summed E-state index contributed by atoms with van der Waals surface area (Å²) in [5, 5.41) is 14.1. The summed E-state index contributed by atoms with van der Waals surface area (Å²) in [7, 11) is 0. The first-order valence-corrected chi connectivity index (χ1v) is 8.75. The van der Waals surface area contributed by atoms with E-state index in [1.54, 1.807) is 12.3 Å². The van der Waals surface area contributed by atoms with E-state index in [1.807, 2.05) is 30.3 Å². The summed E-state index contributed by atoms with van der Waals surface area (Å²) in [5.74, 6) is 1.27. The minimum Gasteiger partial charge on any atom is -0.491 e. The highest BCUT2D eigenvalue weighted by Gasteiger charge is 2.19. The van der Waals surface area contributed by atoms with Gasteiger partial charge in [-0.2, -0.15) is 0 Å². The van der Waals surface area contributed by atoms with Gasteiger partial charge < -0.3 is 19.6 Å². The number of hydrogen-bond acceptors (Lipinski definition) is 6. The standard InChI is InChI=1S/C20H20N2O4/c23-13(11-22-19-6-1-2-9-21-19)12-25-14-7-8-16-15-4-3-5-17(15)20(24)26-18(16)10-14/h1-2,6-10,13,23H,3-5,11-12H2,(H,21,22)/t13-/m1/s1. The molecule has 0 fully saturated rings. The Kier molecular flexibility index (Phi) is 4.58. The van der Waals surface area contributed by atoms with E-state index in [0.717, 1.165) is 35.8 Å². The third-order valence-electron chi connectivity index (χ3n) is 4.57. The lowest BCUT2D eigenvalue weighted by atomic mass is 10.1. The maximum absolute atomic E-state index is 12.1. The van der Waals surface area contributed by atoms with E-state index in [1.165, 1.54) is 0 Å². The van der Waals surface area contributed by atoms with Crippen molar-refractivity contribution >= 4 is 16.8 Å². The number of hydrogen-bond donors (Lipinski definition) is 2. The molecule has 1 aliphatic carbocycles. The molecule has 0 saturated carbocycles. The number of aliphatic hydroxyl groups is 1. The van der Waals surface area contributed by atoms with E-state index >= 15 is 0 Å². The molecule has 0 aliphatic heterocycles. The monoisotopic (exact) mass is 352 g/mol. The first kappa shape index (κ1) is 16.6. The van der Waals surface area contributed by atoms with Gasteiger partial charge in [-0.15, -0.1) is 0 Å². The molecule has 1 aliphatic rings. The van der Waals surface area contributed by atoms with Crippen molar-refractivity contribution in [1.29, 1.82) is 0 Å². The molecular weight excluding hydrogens is 332 g/mol. The average molecular weight is 352 g/mol. The predicted octanol–water partition coefficient (Wildman–Crippen LogP) is 2.53. The number of rotatable bonds is 6. The van der Waals surface area contributed by atoms with Crippen molar-refractivity contribution in [3.8, 4) is 5.75 Å². The van der Waals surface area contributed by atoms with Crippen LogP contribution in [0.3, 0.4) is 0 Å². The largest absolute Gasteiger partial charge is 0.491 e. The van der Waals surface area contributed by atoms with Crippen LogP contribution in [0.15, 0.2) is 51.8 Å². The summed E-state index contributed by atoms with van der Waals surface area (Å²) in [6.07, 6.45) is 3.69. The van der Waals surface area contributed by atoms with Crippen LogP contribution in [0, 0.1) is 0 Å². The van der Waals surface area contributed by atoms with Crippen LogP contribution in [-0.4, -0.2) is 29.3 Å². The molecule has 0 unspecified atom stereocenters. The summed E-state index contributed by atoms with van der Waals surface area (Å²) in [5.41, 5.74) is 2.19. The Morgan fingerprint density at radius 2 is 2.12 bits per heavy atom. The summed E-state index contributed by atoms with van der Waals surface area (Å²) in [6.45, 7) is 0.452. The lowest BCUT2D eigenvalue weighted by Crippen LogP contribution is -2.26. The van der Waals surface area contributed by atoms with Crippen molar-refractivity contribution in [2.45, 2.75) is 25.4 Å². The molecule has 1 aromatic carbocycles. The number of fused-ring (bicyclic) bond motifs is 3. The maximum atomic E-state index is 12.1. The van der Waals surface area contributed by atoms with Crippen LogP contribution in [0.5, 0.6) is 5.75 Å². The van der Waals surface area contributed by atoms with Crippen molar-refractivity contribution in [2.75, 3.05) is 18.5 Å². The minimum atomic E-state index is -0.695. The van der Waals surface area contributed by atoms with Crippen LogP contribution in [0.2, 0.25) is 0 Å². The first-order chi connectivity index (χ1) is 12.7. The van der Waals surface area contributed by atoms with Gasteiger partial charge in [0.15, 0.2) is 0 Å². The van der Waals surface area contributed by atoms with Gasteiger partial charge in [0, 0.05) is 29.8 Å². The Balaban J connectivity index is 1.41.